The highest BCUT2D eigenvalue weighted by molar-refractivity contribution is 6.32. The molecule has 0 aliphatic carbocycles. The first-order valence-electron chi connectivity index (χ1n) is 12.7. The quantitative estimate of drug-likeness (QED) is 0.264. The standard InChI is InChI=1S/C31H35ClFNO4/c1-18(2)12-28(23-14-19(3)13-20(4)15-23)34-31(37)25-16-24(9-7-22(25)8-11-29(35)36)38-17-26-27(33)10-6-21(5)30(26)32/h6-7,9-10,13-16,18,28H,8,11-12,17H2,1-5H3,(H,34,37)(H,35,36). The number of aliphatic carboxylic acids is 1. The van der Waals surface area contributed by atoms with Crippen LogP contribution in [0.15, 0.2) is 48.5 Å². The summed E-state index contributed by atoms with van der Waals surface area (Å²) in [6, 6.07) is 13.9. The molecule has 7 heteroatoms. The Kier molecular flexibility index (Phi) is 9.92. The summed E-state index contributed by atoms with van der Waals surface area (Å²) in [5.74, 6) is -1.05. The molecule has 0 aliphatic heterocycles. The number of carbonyl (C=O) groups excluding carboxylic acids is 1. The number of ether oxygens (including phenoxy) is 1. The molecule has 5 nitrogen and oxygen atoms in total. The number of rotatable bonds is 11. The van der Waals surface area contributed by atoms with Crippen molar-refractivity contribution in [2.24, 2.45) is 5.92 Å². The Balaban J connectivity index is 1.92. The van der Waals surface area contributed by atoms with Crippen LogP contribution in [-0.2, 0) is 17.8 Å². The van der Waals surface area contributed by atoms with Crippen molar-refractivity contribution in [2.45, 2.75) is 66.5 Å². The molecule has 2 N–H and O–H groups in total. The summed E-state index contributed by atoms with van der Waals surface area (Å²) < 4.78 is 20.2. The first-order chi connectivity index (χ1) is 17.9. The zero-order valence-electron chi connectivity index (χ0n) is 22.5. The molecule has 3 aromatic rings. The minimum Gasteiger partial charge on any atom is -0.489 e. The predicted molar refractivity (Wildman–Crippen MR) is 148 cm³/mol. The van der Waals surface area contributed by atoms with Crippen molar-refractivity contribution < 1.29 is 23.8 Å². The van der Waals surface area contributed by atoms with Gasteiger partial charge in [-0.25, -0.2) is 4.39 Å². The second-order valence-corrected chi connectivity index (χ2v) is 10.6. The van der Waals surface area contributed by atoms with Crippen LogP contribution in [0.4, 0.5) is 4.39 Å². The average molecular weight is 540 g/mol. The van der Waals surface area contributed by atoms with Gasteiger partial charge in [-0.3, -0.25) is 9.59 Å². The highest BCUT2D eigenvalue weighted by Crippen LogP contribution is 2.28. The largest absolute Gasteiger partial charge is 0.489 e. The van der Waals surface area contributed by atoms with Gasteiger partial charge in [0, 0.05) is 17.5 Å². The molecular weight excluding hydrogens is 505 g/mol. The highest BCUT2D eigenvalue weighted by Gasteiger charge is 2.21. The van der Waals surface area contributed by atoms with Crippen LogP contribution in [0, 0.1) is 32.5 Å². The molecule has 0 spiro atoms. The van der Waals surface area contributed by atoms with E-state index in [1.165, 1.54) is 6.07 Å². The van der Waals surface area contributed by atoms with Crippen molar-refractivity contribution in [3.63, 3.8) is 0 Å². The first kappa shape index (κ1) is 29.2. The van der Waals surface area contributed by atoms with Gasteiger partial charge in [-0.05, 0) is 74.4 Å². The van der Waals surface area contributed by atoms with Crippen LogP contribution >= 0.6 is 11.6 Å². The van der Waals surface area contributed by atoms with E-state index in [0.717, 1.165) is 28.7 Å². The molecule has 0 bridgehead atoms. The predicted octanol–water partition coefficient (Wildman–Crippen LogP) is 7.52. The van der Waals surface area contributed by atoms with Crippen LogP contribution in [0.1, 0.15) is 76.5 Å². The second-order valence-electron chi connectivity index (χ2n) is 10.2. The second kappa shape index (κ2) is 12.9. The van der Waals surface area contributed by atoms with Gasteiger partial charge >= 0.3 is 5.97 Å². The van der Waals surface area contributed by atoms with E-state index in [1.807, 2.05) is 13.8 Å². The highest BCUT2D eigenvalue weighted by atomic mass is 35.5. The van der Waals surface area contributed by atoms with Gasteiger partial charge in [0.1, 0.15) is 18.2 Å². The summed E-state index contributed by atoms with van der Waals surface area (Å²) in [5.41, 5.74) is 5.15. The van der Waals surface area contributed by atoms with Crippen LogP contribution < -0.4 is 10.1 Å². The SMILES string of the molecule is Cc1cc(C)cc(C(CC(C)C)NC(=O)c2cc(OCc3c(F)ccc(C)c3Cl)ccc2CCC(=O)O)c1. The van der Waals surface area contributed by atoms with Gasteiger partial charge in [0.15, 0.2) is 0 Å². The summed E-state index contributed by atoms with van der Waals surface area (Å²) in [6.45, 7) is 9.93. The molecule has 0 radical (unpaired) electrons. The molecule has 0 aromatic heterocycles. The maximum Gasteiger partial charge on any atom is 0.303 e. The van der Waals surface area contributed by atoms with E-state index >= 15 is 0 Å². The maximum absolute atomic E-state index is 14.4. The number of nitrogens with one attached hydrogen (secondary N) is 1. The topological polar surface area (TPSA) is 75.6 Å². The lowest BCUT2D eigenvalue weighted by Gasteiger charge is -2.23. The van der Waals surface area contributed by atoms with Crippen molar-refractivity contribution >= 4 is 23.5 Å². The fraction of sp³-hybridized carbons (Fsp3) is 0.355. The Labute approximate surface area is 229 Å². The number of aryl methyl sites for hydroxylation is 4. The summed E-state index contributed by atoms with van der Waals surface area (Å²) in [5, 5.41) is 12.7. The summed E-state index contributed by atoms with van der Waals surface area (Å²) >= 11 is 6.28. The lowest BCUT2D eigenvalue weighted by molar-refractivity contribution is -0.136. The molecule has 3 rings (SSSR count). The lowest BCUT2D eigenvalue weighted by atomic mass is 9.93. The lowest BCUT2D eigenvalue weighted by Crippen LogP contribution is -2.30. The van der Waals surface area contributed by atoms with Crippen LogP contribution in [0.25, 0.3) is 0 Å². The number of benzene rings is 3. The van der Waals surface area contributed by atoms with Crippen molar-refractivity contribution in [1.29, 1.82) is 0 Å². The minimum atomic E-state index is -0.950. The number of carboxylic acid groups (broad SMARTS) is 1. The molecule has 1 amide bonds. The third-order valence-electron chi connectivity index (χ3n) is 6.36. The summed E-state index contributed by atoms with van der Waals surface area (Å²) in [6.07, 6.45) is 0.812. The molecule has 0 aliphatic rings. The fourth-order valence-electron chi connectivity index (χ4n) is 4.52. The molecule has 38 heavy (non-hydrogen) atoms. The number of halogens is 2. The number of carboxylic acids is 1. The number of hydrogen-bond donors (Lipinski definition) is 2. The van der Waals surface area contributed by atoms with E-state index in [0.29, 0.717) is 27.8 Å². The maximum atomic E-state index is 14.4. The molecule has 0 heterocycles. The number of hydrogen-bond acceptors (Lipinski definition) is 3. The fourth-order valence-corrected chi connectivity index (χ4v) is 4.72. The number of carbonyl (C=O) groups is 2. The number of amides is 1. The normalized spacial score (nSPS) is 11.9. The Morgan fingerprint density at radius 3 is 2.34 bits per heavy atom. The van der Waals surface area contributed by atoms with E-state index in [9.17, 15) is 19.1 Å². The summed E-state index contributed by atoms with van der Waals surface area (Å²) in [7, 11) is 0. The molecule has 0 fully saturated rings. The molecule has 0 saturated carbocycles. The summed E-state index contributed by atoms with van der Waals surface area (Å²) in [4.78, 5) is 24.9. The molecular formula is C31H35ClFNO4. The average Bonchev–Trinajstić information content (AvgIpc) is 2.84. The van der Waals surface area contributed by atoms with Gasteiger partial charge in [0.25, 0.3) is 5.91 Å². The van der Waals surface area contributed by atoms with Gasteiger partial charge < -0.3 is 15.2 Å². The van der Waals surface area contributed by atoms with Crippen LogP contribution in [0.3, 0.4) is 0 Å². The Morgan fingerprint density at radius 1 is 1.03 bits per heavy atom. The smallest absolute Gasteiger partial charge is 0.303 e. The van der Waals surface area contributed by atoms with E-state index in [4.69, 9.17) is 16.3 Å². The third kappa shape index (κ3) is 7.81. The Hall–Kier alpha value is -3.38. The van der Waals surface area contributed by atoms with Gasteiger partial charge in [0.05, 0.1) is 11.1 Å². The monoisotopic (exact) mass is 539 g/mol. The van der Waals surface area contributed by atoms with Crippen molar-refractivity contribution in [2.75, 3.05) is 0 Å². The molecule has 202 valence electrons. The van der Waals surface area contributed by atoms with E-state index in [1.54, 1.807) is 31.2 Å². The van der Waals surface area contributed by atoms with Gasteiger partial charge in [0.2, 0.25) is 0 Å². The minimum absolute atomic E-state index is 0.111. The molecule has 3 aromatic carbocycles. The van der Waals surface area contributed by atoms with Crippen molar-refractivity contribution in [1.82, 2.24) is 5.32 Å². The zero-order valence-corrected chi connectivity index (χ0v) is 23.3. The van der Waals surface area contributed by atoms with Crippen LogP contribution in [0.5, 0.6) is 5.75 Å². The van der Waals surface area contributed by atoms with Crippen LogP contribution in [-0.4, -0.2) is 17.0 Å². The molecule has 0 saturated heterocycles. The van der Waals surface area contributed by atoms with Crippen molar-refractivity contribution in [3.8, 4) is 5.75 Å². The third-order valence-corrected chi connectivity index (χ3v) is 6.88. The van der Waals surface area contributed by atoms with Gasteiger partial charge in [-0.2, -0.15) is 0 Å². The molecule has 1 unspecified atom stereocenters. The first-order valence-corrected chi connectivity index (χ1v) is 13.1. The van der Waals surface area contributed by atoms with E-state index in [2.05, 4.69) is 37.4 Å². The van der Waals surface area contributed by atoms with Gasteiger partial charge in [-0.15, -0.1) is 0 Å². The van der Waals surface area contributed by atoms with E-state index in [-0.39, 0.29) is 37.0 Å². The Bertz CT molecular complexity index is 1300. The van der Waals surface area contributed by atoms with Gasteiger partial charge in [-0.1, -0.05) is 66.9 Å². The zero-order chi connectivity index (χ0) is 28.0. The van der Waals surface area contributed by atoms with Crippen LogP contribution in [0.2, 0.25) is 5.02 Å². The van der Waals surface area contributed by atoms with Crippen molar-refractivity contribution in [3.05, 3.63) is 98.3 Å². The van der Waals surface area contributed by atoms with E-state index < -0.39 is 11.8 Å². The molecule has 1 atom stereocenters. The Morgan fingerprint density at radius 2 is 1.71 bits per heavy atom.